The highest BCUT2D eigenvalue weighted by Gasteiger charge is 2.42. The Balaban J connectivity index is 1.91. The van der Waals surface area contributed by atoms with Crippen molar-refractivity contribution in [1.82, 2.24) is 0 Å². The normalized spacial score (nSPS) is 18.8. The number of esters is 1. The molecule has 2 aromatic rings. The Kier molecular flexibility index (Phi) is 6.37. The van der Waals surface area contributed by atoms with Crippen LogP contribution in [0.5, 0.6) is 11.5 Å². The van der Waals surface area contributed by atoms with Gasteiger partial charge in [0.1, 0.15) is 0 Å². The number of hydrogen-bond donors (Lipinski definition) is 0. The van der Waals surface area contributed by atoms with Crippen LogP contribution in [0.3, 0.4) is 0 Å². The summed E-state index contributed by atoms with van der Waals surface area (Å²) in [4.78, 5) is 25.0. The van der Waals surface area contributed by atoms with Crippen molar-refractivity contribution in [3.63, 3.8) is 0 Å². The Hall–Kier alpha value is -1.67. The number of ketones is 1. The summed E-state index contributed by atoms with van der Waals surface area (Å²) in [5.74, 6) is -1.49. The SMILES string of the molecule is COC(=O)[C@@H]1CC[C@H]1C(=O)c1cc2c(F)c(OCCCBr)c(OC)cc2s1. The Morgan fingerprint density at radius 2 is 2.00 bits per heavy atom. The second-order valence-corrected chi connectivity index (χ2v) is 8.19. The molecule has 0 unspecified atom stereocenters. The van der Waals surface area contributed by atoms with Crippen LogP contribution in [0.2, 0.25) is 0 Å². The van der Waals surface area contributed by atoms with E-state index in [-0.39, 0.29) is 17.5 Å². The molecule has 2 atom stereocenters. The maximum atomic E-state index is 15.0. The minimum absolute atomic E-state index is 0.0545. The summed E-state index contributed by atoms with van der Waals surface area (Å²) >= 11 is 4.51. The van der Waals surface area contributed by atoms with Crippen molar-refractivity contribution in [1.29, 1.82) is 0 Å². The van der Waals surface area contributed by atoms with Crippen LogP contribution in [0.4, 0.5) is 4.39 Å². The highest BCUT2D eigenvalue weighted by atomic mass is 79.9. The summed E-state index contributed by atoms with van der Waals surface area (Å²) in [5.41, 5.74) is 0. The molecule has 1 fully saturated rings. The fourth-order valence-electron chi connectivity index (χ4n) is 3.17. The lowest BCUT2D eigenvalue weighted by molar-refractivity contribution is -0.150. The van der Waals surface area contributed by atoms with E-state index in [4.69, 9.17) is 14.2 Å². The molecule has 0 saturated heterocycles. The minimum atomic E-state index is -0.535. The molecule has 1 saturated carbocycles. The van der Waals surface area contributed by atoms with Crippen molar-refractivity contribution in [3.8, 4) is 11.5 Å². The van der Waals surface area contributed by atoms with E-state index in [9.17, 15) is 14.0 Å². The fourth-order valence-corrected chi connectivity index (χ4v) is 4.48. The van der Waals surface area contributed by atoms with Gasteiger partial charge >= 0.3 is 5.97 Å². The smallest absolute Gasteiger partial charge is 0.309 e. The quantitative estimate of drug-likeness (QED) is 0.250. The molecule has 0 bridgehead atoms. The van der Waals surface area contributed by atoms with Gasteiger partial charge in [0.2, 0.25) is 0 Å². The van der Waals surface area contributed by atoms with E-state index < -0.39 is 17.7 Å². The third kappa shape index (κ3) is 3.82. The van der Waals surface area contributed by atoms with Crippen molar-refractivity contribution in [2.45, 2.75) is 19.3 Å². The zero-order valence-electron chi connectivity index (χ0n) is 15.1. The molecule has 1 heterocycles. The number of rotatable bonds is 8. The lowest BCUT2D eigenvalue weighted by atomic mass is 9.71. The zero-order valence-corrected chi connectivity index (χ0v) is 17.5. The van der Waals surface area contributed by atoms with Crippen LogP contribution in [0, 0.1) is 17.7 Å². The van der Waals surface area contributed by atoms with Crippen molar-refractivity contribution in [2.75, 3.05) is 26.2 Å². The predicted octanol–water partition coefficient (Wildman–Crippen LogP) is 4.59. The van der Waals surface area contributed by atoms with Crippen LogP contribution < -0.4 is 9.47 Å². The monoisotopic (exact) mass is 458 g/mol. The number of hydrogen-bond acceptors (Lipinski definition) is 6. The van der Waals surface area contributed by atoms with Gasteiger partial charge in [0, 0.05) is 27.4 Å². The maximum Gasteiger partial charge on any atom is 0.309 e. The second-order valence-electron chi connectivity index (χ2n) is 6.31. The summed E-state index contributed by atoms with van der Waals surface area (Å²) in [6.45, 7) is 0.350. The Labute approximate surface area is 168 Å². The van der Waals surface area contributed by atoms with E-state index in [1.165, 1.54) is 25.6 Å². The van der Waals surface area contributed by atoms with E-state index in [2.05, 4.69) is 15.9 Å². The number of fused-ring (bicyclic) bond motifs is 1. The number of benzene rings is 1. The summed E-state index contributed by atoms with van der Waals surface area (Å²) in [5, 5.41) is 1.07. The van der Waals surface area contributed by atoms with Crippen molar-refractivity contribution < 1.29 is 28.2 Å². The van der Waals surface area contributed by atoms with Gasteiger partial charge in [0.25, 0.3) is 0 Å². The molecule has 1 aromatic carbocycles. The van der Waals surface area contributed by atoms with Gasteiger partial charge in [-0.25, -0.2) is 4.39 Å². The summed E-state index contributed by atoms with van der Waals surface area (Å²) < 4.78 is 31.2. The first-order chi connectivity index (χ1) is 13.0. The number of alkyl halides is 1. The molecular formula is C19H20BrFO5S. The molecule has 1 aliphatic rings. The average Bonchev–Trinajstić information content (AvgIpc) is 3.06. The standard InChI is InChI=1S/C19H20BrFO5S/c1-24-13-9-14-12(16(21)18(13)26-7-3-6-20)8-15(27-14)17(22)10-4-5-11(10)19(23)25-2/h8-11H,3-7H2,1-2H3/t10-,11-/m1/s1. The summed E-state index contributed by atoms with van der Waals surface area (Å²) in [6, 6.07) is 3.23. The highest BCUT2D eigenvalue weighted by molar-refractivity contribution is 9.09. The number of thiophene rings is 1. The molecule has 0 radical (unpaired) electrons. The van der Waals surface area contributed by atoms with E-state index in [0.717, 1.165) is 11.8 Å². The molecule has 0 spiro atoms. The molecule has 1 aliphatic carbocycles. The number of ether oxygens (including phenoxy) is 3. The Morgan fingerprint density at radius 1 is 1.26 bits per heavy atom. The lowest BCUT2D eigenvalue weighted by Gasteiger charge is -2.32. The van der Waals surface area contributed by atoms with Gasteiger partial charge in [-0.2, -0.15) is 0 Å². The third-order valence-electron chi connectivity index (χ3n) is 4.78. The maximum absolute atomic E-state index is 15.0. The minimum Gasteiger partial charge on any atom is -0.493 e. The molecule has 0 N–H and O–H groups in total. The molecule has 27 heavy (non-hydrogen) atoms. The first-order valence-electron chi connectivity index (χ1n) is 8.62. The predicted molar refractivity (Wildman–Crippen MR) is 105 cm³/mol. The van der Waals surface area contributed by atoms with Crippen LogP contribution in [-0.2, 0) is 9.53 Å². The molecular weight excluding hydrogens is 439 g/mol. The fraction of sp³-hybridized carbons (Fsp3) is 0.474. The van der Waals surface area contributed by atoms with Gasteiger partial charge < -0.3 is 14.2 Å². The van der Waals surface area contributed by atoms with Gasteiger partial charge in [-0.3, -0.25) is 9.59 Å². The number of methoxy groups -OCH3 is 2. The van der Waals surface area contributed by atoms with E-state index in [1.807, 2.05) is 0 Å². The van der Waals surface area contributed by atoms with Crippen LogP contribution in [-0.4, -0.2) is 37.9 Å². The molecule has 5 nitrogen and oxygen atoms in total. The lowest BCUT2D eigenvalue weighted by Crippen LogP contribution is -2.38. The van der Waals surface area contributed by atoms with Crippen molar-refractivity contribution in [2.24, 2.45) is 11.8 Å². The second kappa shape index (κ2) is 8.56. The molecule has 146 valence electrons. The van der Waals surface area contributed by atoms with Gasteiger partial charge in [-0.1, -0.05) is 15.9 Å². The summed E-state index contributed by atoms with van der Waals surface area (Å²) in [7, 11) is 2.77. The topological polar surface area (TPSA) is 61.8 Å². The number of Topliss-reactive ketones (excluding diaryl/α,β-unsaturated/α-hetero) is 1. The highest BCUT2D eigenvalue weighted by Crippen LogP contribution is 2.43. The number of halogens is 2. The third-order valence-corrected chi connectivity index (χ3v) is 6.44. The van der Waals surface area contributed by atoms with Gasteiger partial charge in [-0.15, -0.1) is 11.3 Å². The largest absolute Gasteiger partial charge is 0.493 e. The number of carbonyl (C=O) groups excluding carboxylic acids is 2. The average molecular weight is 459 g/mol. The van der Waals surface area contributed by atoms with Gasteiger partial charge in [-0.05, 0) is 25.3 Å². The first-order valence-corrected chi connectivity index (χ1v) is 10.6. The van der Waals surface area contributed by atoms with E-state index >= 15 is 0 Å². The molecule has 3 rings (SSSR count). The number of carbonyl (C=O) groups is 2. The first kappa shape index (κ1) is 20.1. The van der Waals surface area contributed by atoms with E-state index in [1.54, 1.807) is 12.1 Å². The summed E-state index contributed by atoms with van der Waals surface area (Å²) in [6.07, 6.45) is 2.01. The van der Waals surface area contributed by atoms with Gasteiger partial charge in [0.05, 0.1) is 31.6 Å². The Bertz CT molecular complexity index is 865. The van der Waals surface area contributed by atoms with Crippen LogP contribution in [0.15, 0.2) is 12.1 Å². The van der Waals surface area contributed by atoms with Crippen molar-refractivity contribution >= 4 is 49.1 Å². The van der Waals surface area contributed by atoms with Gasteiger partial charge in [0.15, 0.2) is 23.1 Å². The van der Waals surface area contributed by atoms with Crippen LogP contribution in [0.1, 0.15) is 28.9 Å². The molecule has 1 aromatic heterocycles. The molecule has 0 aliphatic heterocycles. The van der Waals surface area contributed by atoms with Crippen LogP contribution in [0.25, 0.3) is 10.1 Å². The zero-order chi connectivity index (χ0) is 19.6. The Morgan fingerprint density at radius 3 is 2.59 bits per heavy atom. The molecule has 8 heteroatoms. The molecule has 0 amide bonds. The van der Waals surface area contributed by atoms with Crippen molar-refractivity contribution in [3.05, 3.63) is 22.8 Å². The van der Waals surface area contributed by atoms with Crippen LogP contribution >= 0.6 is 27.3 Å². The van der Waals surface area contributed by atoms with E-state index in [0.29, 0.717) is 40.2 Å².